The van der Waals surface area contributed by atoms with Crippen LogP contribution in [0.25, 0.3) is 11.8 Å². The third-order valence-electron chi connectivity index (χ3n) is 7.52. The molecule has 236 valence electrons. The molecule has 0 fully saturated rings. The van der Waals surface area contributed by atoms with E-state index in [0.717, 1.165) is 5.56 Å². The van der Waals surface area contributed by atoms with Gasteiger partial charge in [-0.25, -0.2) is 14.6 Å². The maximum Gasteiger partial charge on any atom is 0.343 e. The number of fused-ring (bicyclic) bond motifs is 1. The Morgan fingerprint density at radius 1 is 0.809 bits per heavy atom. The normalized spacial score (nSPS) is 14.2. The van der Waals surface area contributed by atoms with Crippen molar-refractivity contribution < 1.29 is 28.5 Å². The molecular weight excluding hydrogens is 616 g/mol. The molecule has 6 rings (SSSR count). The van der Waals surface area contributed by atoms with Crippen LogP contribution in [0.4, 0.5) is 0 Å². The fourth-order valence-electron chi connectivity index (χ4n) is 5.22. The van der Waals surface area contributed by atoms with Crippen molar-refractivity contribution in [3.05, 3.63) is 151 Å². The van der Waals surface area contributed by atoms with Gasteiger partial charge in [-0.1, -0.05) is 65.9 Å². The monoisotopic (exact) mass is 646 g/mol. The lowest BCUT2D eigenvalue weighted by atomic mass is 9.93. The maximum atomic E-state index is 14.1. The van der Waals surface area contributed by atoms with Gasteiger partial charge >= 0.3 is 11.9 Å². The molecule has 0 unspecified atom stereocenters. The van der Waals surface area contributed by atoms with E-state index in [4.69, 9.17) is 23.9 Å². The predicted molar refractivity (Wildman–Crippen MR) is 178 cm³/mol. The predicted octanol–water partition coefficient (Wildman–Crippen LogP) is 5.17. The van der Waals surface area contributed by atoms with Crippen molar-refractivity contribution in [3.8, 4) is 17.2 Å². The zero-order valence-corrected chi connectivity index (χ0v) is 26.7. The number of thiazole rings is 1. The van der Waals surface area contributed by atoms with E-state index in [2.05, 4.69) is 0 Å². The highest BCUT2D eigenvalue weighted by Gasteiger charge is 2.35. The van der Waals surface area contributed by atoms with E-state index in [1.807, 2.05) is 42.5 Å². The van der Waals surface area contributed by atoms with Crippen LogP contribution in [0.2, 0.25) is 0 Å². The van der Waals surface area contributed by atoms with E-state index in [9.17, 15) is 14.4 Å². The summed E-state index contributed by atoms with van der Waals surface area (Å²) in [5, 5.41) is 0. The molecule has 0 saturated heterocycles. The Balaban J connectivity index is 1.41. The van der Waals surface area contributed by atoms with Gasteiger partial charge in [0.2, 0.25) is 0 Å². The lowest BCUT2D eigenvalue weighted by Crippen LogP contribution is -2.40. The quantitative estimate of drug-likeness (QED) is 0.161. The number of benzene rings is 4. The lowest BCUT2D eigenvalue weighted by Gasteiger charge is -2.26. The number of rotatable bonds is 9. The Morgan fingerprint density at radius 2 is 1.43 bits per heavy atom. The van der Waals surface area contributed by atoms with Gasteiger partial charge in [-0.05, 0) is 72.7 Å². The Bertz CT molecular complexity index is 2130. The molecule has 10 heteroatoms. The van der Waals surface area contributed by atoms with Crippen LogP contribution in [-0.2, 0) is 9.53 Å². The van der Waals surface area contributed by atoms with Crippen LogP contribution in [0.1, 0.15) is 40.0 Å². The average Bonchev–Trinajstić information content (AvgIpc) is 3.42. The molecule has 1 atom stereocenters. The fourth-order valence-corrected chi connectivity index (χ4v) is 6.22. The molecule has 0 amide bonds. The molecule has 47 heavy (non-hydrogen) atoms. The molecule has 0 saturated carbocycles. The zero-order chi connectivity index (χ0) is 32.9. The first-order valence-electron chi connectivity index (χ1n) is 14.8. The third kappa shape index (κ3) is 6.49. The van der Waals surface area contributed by atoms with E-state index >= 15 is 0 Å². The first-order chi connectivity index (χ1) is 22.9. The molecule has 0 aliphatic carbocycles. The van der Waals surface area contributed by atoms with Crippen molar-refractivity contribution in [2.24, 2.45) is 4.99 Å². The summed E-state index contributed by atoms with van der Waals surface area (Å²) in [4.78, 5) is 45.6. The molecule has 1 aliphatic heterocycles. The van der Waals surface area contributed by atoms with Crippen LogP contribution in [0, 0.1) is 0 Å². The van der Waals surface area contributed by atoms with Crippen LogP contribution in [-0.4, -0.2) is 37.3 Å². The summed E-state index contributed by atoms with van der Waals surface area (Å²) in [6.45, 7) is 1.90. The molecule has 0 radical (unpaired) electrons. The number of carbonyl (C=O) groups is 2. The van der Waals surface area contributed by atoms with Gasteiger partial charge in [0.15, 0.2) is 4.80 Å². The number of carbonyl (C=O) groups excluding carboxylic acids is 2. The second-order valence-corrected chi connectivity index (χ2v) is 11.4. The average molecular weight is 647 g/mol. The summed E-state index contributed by atoms with van der Waals surface area (Å²) in [6.07, 6.45) is 1.75. The van der Waals surface area contributed by atoms with Gasteiger partial charge in [-0.2, -0.15) is 0 Å². The van der Waals surface area contributed by atoms with Crippen LogP contribution in [0.15, 0.2) is 118 Å². The van der Waals surface area contributed by atoms with E-state index < -0.39 is 18.0 Å². The van der Waals surface area contributed by atoms with E-state index in [-0.39, 0.29) is 17.7 Å². The molecular formula is C37H30N2O7S. The number of aromatic nitrogens is 1. The topological polar surface area (TPSA) is 105 Å². The molecule has 0 spiro atoms. The van der Waals surface area contributed by atoms with Crippen molar-refractivity contribution in [1.82, 2.24) is 4.57 Å². The Hall–Kier alpha value is -5.74. The van der Waals surface area contributed by atoms with Gasteiger partial charge in [-0.3, -0.25) is 9.36 Å². The highest BCUT2D eigenvalue weighted by atomic mass is 32.1. The highest BCUT2D eigenvalue weighted by molar-refractivity contribution is 7.07. The van der Waals surface area contributed by atoms with Crippen LogP contribution < -0.4 is 29.1 Å². The molecule has 1 aliphatic rings. The van der Waals surface area contributed by atoms with E-state index in [1.165, 1.54) is 11.3 Å². The van der Waals surface area contributed by atoms with Crippen molar-refractivity contribution in [2.45, 2.75) is 13.0 Å². The van der Waals surface area contributed by atoms with Crippen LogP contribution in [0.5, 0.6) is 17.2 Å². The number of esters is 2. The zero-order valence-electron chi connectivity index (χ0n) is 25.8. The number of nitrogens with zero attached hydrogens (tertiary/aromatic N) is 2. The van der Waals surface area contributed by atoms with Crippen LogP contribution in [0.3, 0.4) is 0 Å². The molecule has 9 nitrogen and oxygen atoms in total. The standard InChI is InChI=1S/C37H30N2O7S/c1-4-45-36(42)31-32(24-8-6-5-7-9-24)38-37-39(33(31)25-12-18-27(43-2)19-13-25)34(40)30(47-37)22-23-10-16-29(17-11-23)46-35(41)26-14-20-28(44-3)21-15-26/h5-22,33H,4H2,1-3H3/b30-22-/t33-/m1/s1. The van der Waals surface area contributed by atoms with Crippen molar-refractivity contribution in [1.29, 1.82) is 0 Å². The summed E-state index contributed by atoms with van der Waals surface area (Å²) in [6, 6.07) is 29.3. The van der Waals surface area contributed by atoms with Gasteiger partial charge < -0.3 is 18.9 Å². The Kier molecular flexibility index (Phi) is 9.12. The molecule has 0 bridgehead atoms. The number of methoxy groups -OCH3 is 2. The number of hydrogen-bond donors (Lipinski definition) is 0. The smallest absolute Gasteiger partial charge is 0.343 e. The Morgan fingerprint density at radius 3 is 2.04 bits per heavy atom. The first-order valence-corrected chi connectivity index (χ1v) is 15.6. The van der Waals surface area contributed by atoms with E-state index in [1.54, 1.807) is 92.5 Å². The first kappa shape index (κ1) is 31.3. The fraction of sp³-hybridized carbons (Fsp3) is 0.135. The minimum absolute atomic E-state index is 0.162. The SMILES string of the molecule is CCOC(=O)C1=C(c2ccccc2)N=c2s/c(=C\c3ccc(OC(=O)c4ccc(OC)cc4)cc3)c(=O)n2[C@@H]1c1ccc(OC)cc1. The molecule has 2 heterocycles. The number of ether oxygens (including phenoxy) is 4. The van der Waals surface area contributed by atoms with Gasteiger partial charge in [0, 0.05) is 5.56 Å². The van der Waals surface area contributed by atoms with Gasteiger partial charge in [-0.15, -0.1) is 0 Å². The third-order valence-corrected chi connectivity index (χ3v) is 8.50. The summed E-state index contributed by atoms with van der Waals surface area (Å²) in [5.41, 5.74) is 2.94. The minimum atomic E-state index is -0.798. The maximum absolute atomic E-state index is 14.1. The summed E-state index contributed by atoms with van der Waals surface area (Å²) >= 11 is 1.23. The number of hydrogen-bond acceptors (Lipinski definition) is 9. The minimum Gasteiger partial charge on any atom is -0.497 e. The molecule has 4 aromatic carbocycles. The second kappa shape index (κ2) is 13.7. The second-order valence-electron chi connectivity index (χ2n) is 10.4. The molecule has 5 aromatic rings. The summed E-state index contributed by atoms with van der Waals surface area (Å²) in [7, 11) is 3.13. The van der Waals surface area contributed by atoms with Crippen LogP contribution >= 0.6 is 11.3 Å². The highest BCUT2D eigenvalue weighted by Crippen LogP contribution is 2.35. The van der Waals surface area contributed by atoms with Gasteiger partial charge in [0.25, 0.3) is 5.56 Å². The summed E-state index contributed by atoms with van der Waals surface area (Å²) in [5.74, 6) is 0.587. The van der Waals surface area contributed by atoms with Crippen molar-refractivity contribution in [3.63, 3.8) is 0 Å². The van der Waals surface area contributed by atoms with Crippen molar-refractivity contribution >= 4 is 35.0 Å². The lowest BCUT2D eigenvalue weighted by molar-refractivity contribution is -0.138. The van der Waals surface area contributed by atoms with Gasteiger partial charge in [0.1, 0.15) is 17.2 Å². The molecule has 1 aromatic heterocycles. The van der Waals surface area contributed by atoms with E-state index in [0.29, 0.717) is 49.0 Å². The largest absolute Gasteiger partial charge is 0.497 e. The Labute approximate surface area is 274 Å². The van der Waals surface area contributed by atoms with Gasteiger partial charge in [0.05, 0.1) is 48.2 Å². The molecule has 0 N–H and O–H groups in total. The summed E-state index contributed by atoms with van der Waals surface area (Å²) < 4.78 is 23.5. The van der Waals surface area contributed by atoms with Crippen molar-refractivity contribution in [2.75, 3.05) is 20.8 Å².